The van der Waals surface area contributed by atoms with E-state index in [1.807, 2.05) is 19.1 Å². The van der Waals surface area contributed by atoms with Gasteiger partial charge in [-0.25, -0.2) is 14.6 Å². The van der Waals surface area contributed by atoms with E-state index in [-0.39, 0.29) is 22.5 Å². The maximum atomic E-state index is 12.6. The van der Waals surface area contributed by atoms with Crippen molar-refractivity contribution in [1.29, 1.82) is 0 Å². The Balaban J connectivity index is 1.95. The van der Waals surface area contributed by atoms with Gasteiger partial charge in [-0.1, -0.05) is 6.07 Å². The van der Waals surface area contributed by atoms with E-state index >= 15 is 0 Å². The van der Waals surface area contributed by atoms with E-state index in [9.17, 15) is 14.4 Å². The number of hydrogen-bond acceptors (Lipinski definition) is 6. The van der Waals surface area contributed by atoms with Crippen molar-refractivity contribution in [3.63, 3.8) is 0 Å². The van der Waals surface area contributed by atoms with Crippen LogP contribution in [0.25, 0.3) is 5.65 Å². The van der Waals surface area contributed by atoms with Crippen LogP contribution in [-0.4, -0.2) is 41.5 Å². The number of ether oxygens (including phenoxy) is 2. The fourth-order valence-electron chi connectivity index (χ4n) is 2.62. The summed E-state index contributed by atoms with van der Waals surface area (Å²) in [6.45, 7) is 1.90. The molecule has 0 radical (unpaired) electrons. The normalized spacial score (nSPS) is 10.5. The summed E-state index contributed by atoms with van der Waals surface area (Å²) in [5.41, 5.74) is 2.24. The molecule has 3 aromatic rings. The Kier molecular flexibility index (Phi) is 4.89. The number of hydrogen-bond donors (Lipinski definition) is 1. The molecule has 0 atom stereocenters. The molecule has 0 aliphatic heterocycles. The summed E-state index contributed by atoms with van der Waals surface area (Å²) in [6, 6.07) is 9.70. The van der Waals surface area contributed by atoms with Crippen LogP contribution in [-0.2, 0) is 9.47 Å². The van der Waals surface area contributed by atoms with Crippen LogP contribution < -0.4 is 5.32 Å². The summed E-state index contributed by atoms with van der Waals surface area (Å²) in [5, 5.41) is 2.65. The number of anilines is 1. The van der Waals surface area contributed by atoms with E-state index in [4.69, 9.17) is 0 Å². The summed E-state index contributed by atoms with van der Waals surface area (Å²) in [4.78, 5) is 40.5. The minimum absolute atomic E-state index is 0.113. The number of methoxy groups -OCH3 is 2. The van der Waals surface area contributed by atoms with E-state index in [2.05, 4.69) is 19.8 Å². The van der Waals surface area contributed by atoms with Gasteiger partial charge in [0.1, 0.15) is 11.3 Å². The lowest BCUT2D eigenvalue weighted by molar-refractivity contribution is 0.0599. The van der Waals surface area contributed by atoms with Gasteiger partial charge in [0.15, 0.2) is 0 Å². The van der Waals surface area contributed by atoms with Gasteiger partial charge in [-0.15, -0.1) is 0 Å². The molecule has 0 fully saturated rings. The second-order valence-corrected chi connectivity index (χ2v) is 5.76. The summed E-state index contributed by atoms with van der Waals surface area (Å²) in [7, 11) is 2.45. The third kappa shape index (κ3) is 3.64. The monoisotopic (exact) mass is 367 g/mol. The molecule has 0 saturated carbocycles. The third-order valence-corrected chi connectivity index (χ3v) is 3.96. The average molecular weight is 367 g/mol. The largest absolute Gasteiger partial charge is 0.465 e. The van der Waals surface area contributed by atoms with Crippen molar-refractivity contribution in [3.05, 3.63) is 65.1 Å². The molecule has 0 aliphatic carbocycles. The number of aryl methyl sites for hydroxylation is 1. The van der Waals surface area contributed by atoms with Gasteiger partial charge in [0, 0.05) is 17.6 Å². The van der Waals surface area contributed by atoms with Crippen molar-refractivity contribution in [2.45, 2.75) is 6.92 Å². The number of fused-ring (bicyclic) bond motifs is 1. The first-order chi connectivity index (χ1) is 12.9. The van der Waals surface area contributed by atoms with Crippen molar-refractivity contribution in [1.82, 2.24) is 9.38 Å². The van der Waals surface area contributed by atoms with Crippen LogP contribution in [0.2, 0.25) is 0 Å². The topological polar surface area (TPSA) is 99.0 Å². The number of aromatic nitrogens is 2. The quantitative estimate of drug-likeness (QED) is 0.711. The Morgan fingerprint density at radius 2 is 1.63 bits per heavy atom. The number of carbonyl (C=O) groups excluding carboxylic acids is 3. The lowest BCUT2D eigenvalue weighted by Gasteiger charge is -2.08. The number of nitrogens with one attached hydrogen (secondary N) is 1. The molecule has 2 heterocycles. The van der Waals surface area contributed by atoms with E-state index in [0.717, 1.165) is 5.69 Å². The first kappa shape index (κ1) is 18.1. The molecular weight excluding hydrogens is 350 g/mol. The number of imidazole rings is 1. The summed E-state index contributed by atoms with van der Waals surface area (Å²) < 4.78 is 11.2. The van der Waals surface area contributed by atoms with Crippen LogP contribution in [0.4, 0.5) is 5.69 Å². The molecule has 0 aliphatic rings. The number of carbonyl (C=O) groups is 3. The van der Waals surface area contributed by atoms with E-state index in [1.165, 1.54) is 32.4 Å². The van der Waals surface area contributed by atoms with Crippen molar-refractivity contribution in [2.75, 3.05) is 19.5 Å². The van der Waals surface area contributed by atoms with Crippen LogP contribution in [0.1, 0.15) is 36.9 Å². The molecule has 0 saturated heterocycles. The highest BCUT2D eigenvalue weighted by Crippen LogP contribution is 2.18. The highest BCUT2D eigenvalue weighted by molar-refractivity contribution is 6.05. The first-order valence-electron chi connectivity index (χ1n) is 8.00. The SMILES string of the molecule is COC(=O)c1cc(NC(=O)c2cn3c(C)cccc3n2)cc(C(=O)OC)c1. The van der Waals surface area contributed by atoms with Gasteiger partial charge >= 0.3 is 11.9 Å². The summed E-state index contributed by atoms with van der Waals surface area (Å²) in [6.07, 6.45) is 1.62. The zero-order valence-corrected chi connectivity index (χ0v) is 15.0. The van der Waals surface area contributed by atoms with Gasteiger partial charge in [-0.2, -0.15) is 0 Å². The third-order valence-electron chi connectivity index (χ3n) is 3.96. The molecule has 1 N–H and O–H groups in total. The lowest BCUT2D eigenvalue weighted by atomic mass is 10.1. The second kappa shape index (κ2) is 7.28. The Morgan fingerprint density at radius 1 is 1.00 bits per heavy atom. The number of esters is 2. The molecule has 0 unspecified atom stereocenters. The predicted molar refractivity (Wildman–Crippen MR) is 97.0 cm³/mol. The molecule has 8 nitrogen and oxygen atoms in total. The standard InChI is InChI=1S/C19H17N3O5/c1-11-5-4-6-16-21-15(10-22(11)16)17(23)20-14-8-12(18(24)26-2)7-13(9-14)19(25)27-3/h4-10H,1-3H3,(H,20,23). The minimum Gasteiger partial charge on any atom is -0.465 e. The van der Waals surface area contributed by atoms with Crippen molar-refractivity contribution in [2.24, 2.45) is 0 Å². The zero-order valence-electron chi connectivity index (χ0n) is 15.0. The van der Waals surface area contributed by atoms with Crippen LogP contribution in [0.5, 0.6) is 0 Å². The number of rotatable bonds is 4. The number of amides is 1. The van der Waals surface area contributed by atoms with Gasteiger partial charge in [-0.3, -0.25) is 4.79 Å². The van der Waals surface area contributed by atoms with Crippen LogP contribution in [0.15, 0.2) is 42.6 Å². The highest BCUT2D eigenvalue weighted by atomic mass is 16.5. The van der Waals surface area contributed by atoms with E-state index in [1.54, 1.807) is 16.7 Å². The van der Waals surface area contributed by atoms with E-state index in [0.29, 0.717) is 5.65 Å². The maximum absolute atomic E-state index is 12.6. The van der Waals surface area contributed by atoms with Gasteiger partial charge in [0.2, 0.25) is 0 Å². The van der Waals surface area contributed by atoms with Crippen LogP contribution >= 0.6 is 0 Å². The van der Waals surface area contributed by atoms with Crippen molar-refractivity contribution in [3.8, 4) is 0 Å². The lowest BCUT2D eigenvalue weighted by Crippen LogP contribution is -2.14. The Hall–Kier alpha value is -3.68. The molecule has 1 aromatic carbocycles. The minimum atomic E-state index is -0.639. The van der Waals surface area contributed by atoms with Gasteiger partial charge < -0.3 is 19.2 Å². The van der Waals surface area contributed by atoms with Gasteiger partial charge in [0.05, 0.1) is 25.3 Å². The molecule has 8 heteroatoms. The number of nitrogens with zero attached hydrogens (tertiary/aromatic N) is 2. The average Bonchev–Trinajstić information content (AvgIpc) is 3.12. The fourth-order valence-corrected chi connectivity index (χ4v) is 2.62. The number of benzene rings is 1. The van der Waals surface area contributed by atoms with Gasteiger partial charge in [-0.05, 0) is 37.3 Å². The fraction of sp³-hybridized carbons (Fsp3) is 0.158. The zero-order chi connectivity index (χ0) is 19.6. The summed E-state index contributed by atoms with van der Waals surface area (Å²) in [5.74, 6) is -1.75. The highest BCUT2D eigenvalue weighted by Gasteiger charge is 2.17. The molecule has 3 rings (SSSR count). The Bertz CT molecular complexity index is 1020. The van der Waals surface area contributed by atoms with Crippen LogP contribution in [0.3, 0.4) is 0 Å². The predicted octanol–water partition coefficient (Wildman–Crippen LogP) is 2.47. The smallest absolute Gasteiger partial charge is 0.337 e. The number of pyridine rings is 1. The molecule has 27 heavy (non-hydrogen) atoms. The molecular formula is C19H17N3O5. The Morgan fingerprint density at radius 3 is 2.19 bits per heavy atom. The van der Waals surface area contributed by atoms with Gasteiger partial charge in [0.25, 0.3) is 5.91 Å². The molecule has 138 valence electrons. The molecule has 2 aromatic heterocycles. The second-order valence-electron chi connectivity index (χ2n) is 5.76. The molecule has 0 spiro atoms. The maximum Gasteiger partial charge on any atom is 0.337 e. The van der Waals surface area contributed by atoms with E-state index < -0.39 is 17.8 Å². The van der Waals surface area contributed by atoms with Crippen molar-refractivity contribution < 1.29 is 23.9 Å². The Labute approximate surface area is 154 Å². The molecule has 0 bridgehead atoms. The first-order valence-corrected chi connectivity index (χ1v) is 8.00. The van der Waals surface area contributed by atoms with Crippen molar-refractivity contribution >= 4 is 29.2 Å². The molecule has 1 amide bonds. The van der Waals surface area contributed by atoms with Crippen LogP contribution in [0, 0.1) is 6.92 Å². The summed E-state index contributed by atoms with van der Waals surface area (Å²) >= 11 is 0.